The van der Waals surface area contributed by atoms with Gasteiger partial charge in [-0.15, -0.1) is 0 Å². The first-order valence-electron chi connectivity index (χ1n) is 5.32. The maximum atomic E-state index is 11.6. The normalized spacial score (nSPS) is 16.2. The second kappa shape index (κ2) is 4.56. The molecule has 0 bridgehead atoms. The number of nitrogens with two attached hydrogens (primary N) is 1. The van der Waals surface area contributed by atoms with Crippen molar-refractivity contribution in [3.8, 4) is 11.5 Å². The number of ether oxygens (including phenoxy) is 3. The fourth-order valence-electron chi connectivity index (χ4n) is 2.02. The monoisotopic (exact) mass is 251 g/mol. The highest BCUT2D eigenvalue weighted by Gasteiger charge is 2.35. The summed E-state index contributed by atoms with van der Waals surface area (Å²) >= 11 is 0. The zero-order valence-electron chi connectivity index (χ0n) is 10.1. The lowest BCUT2D eigenvalue weighted by Crippen LogP contribution is -2.30. The summed E-state index contributed by atoms with van der Waals surface area (Å²) in [6.45, 7) is 0. The Morgan fingerprint density at radius 3 is 2.39 bits per heavy atom. The second-order valence-corrected chi connectivity index (χ2v) is 3.90. The summed E-state index contributed by atoms with van der Waals surface area (Å²) in [6, 6.07) is 3.52. The number of hydrogen-bond donors (Lipinski definition) is 1. The van der Waals surface area contributed by atoms with E-state index < -0.39 is 18.0 Å². The molecule has 96 valence electrons. The van der Waals surface area contributed by atoms with Gasteiger partial charge in [-0.2, -0.15) is 0 Å². The number of rotatable bonds is 3. The number of esters is 1. The maximum absolute atomic E-state index is 11.6. The van der Waals surface area contributed by atoms with Crippen LogP contribution in [0.15, 0.2) is 12.1 Å². The van der Waals surface area contributed by atoms with Crippen molar-refractivity contribution in [2.24, 2.45) is 5.73 Å². The number of methoxy groups -OCH3 is 2. The molecule has 1 unspecified atom stereocenters. The van der Waals surface area contributed by atoms with Gasteiger partial charge in [-0.1, -0.05) is 0 Å². The van der Waals surface area contributed by atoms with Crippen molar-refractivity contribution in [2.45, 2.75) is 12.3 Å². The van der Waals surface area contributed by atoms with Gasteiger partial charge in [0.1, 0.15) is 0 Å². The van der Waals surface area contributed by atoms with Crippen LogP contribution in [0.5, 0.6) is 11.5 Å². The highest BCUT2D eigenvalue weighted by atomic mass is 16.6. The van der Waals surface area contributed by atoms with Crippen LogP contribution < -0.4 is 15.2 Å². The van der Waals surface area contributed by atoms with Crippen molar-refractivity contribution in [1.82, 2.24) is 0 Å². The van der Waals surface area contributed by atoms with Crippen LogP contribution in [0.2, 0.25) is 0 Å². The van der Waals surface area contributed by atoms with E-state index in [1.54, 1.807) is 13.2 Å². The SMILES string of the molecule is COc1cc2c(cc1OC)C(C(=O)OC(N)=O)C2. The maximum Gasteiger partial charge on any atom is 0.412 e. The molecule has 0 saturated carbocycles. The summed E-state index contributed by atoms with van der Waals surface area (Å²) < 4.78 is 14.7. The molecule has 2 rings (SSSR count). The van der Waals surface area contributed by atoms with Crippen LogP contribution in [0.4, 0.5) is 4.79 Å². The van der Waals surface area contributed by atoms with E-state index in [-0.39, 0.29) is 0 Å². The molecule has 0 aromatic heterocycles. The number of fused-ring (bicyclic) bond motifs is 1. The van der Waals surface area contributed by atoms with E-state index >= 15 is 0 Å². The third-order valence-electron chi connectivity index (χ3n) is 2.93. The molecular formula is C12H13NO5. The lowest BCUT2D eigenvalue weighted by molar-refractivity contribution is -0.139. The Labute approximate surface area is 104 Å². The van der Waals surface area contributed by atoms with Crippen LogP contribution in [-0.2, 0) is 16.0 Å². The minimum Gasteiger partial charge on any atom is -0.493 e. The molecule has 0 fully saturated rings. The van der Waals surface area contributed by atoms with Gasteiger partial charge < -0.3 is 19.9 Å². The molecule has 1 aliphatic rings. The number of amides is 1. The molecule has 1 amide bonds. The van der Waals surface area contributed by atoms with Gasteiger partial charge in [-0.3, -0.25) is 4.79 Å². The first-order valence-corrected chi connectivity index (χ1v) is 5.32. The van der Waals surface area contributed by atoms with E-state index in [9.17, 15) is 9.59 Å². The highest BCUT2D eigenvalue weighted by molar-refractivity contribution is 5.90. The van der Waals surface area contributed by atoms with Crippen LogP contribution in [-0.4, -0.2) is 26.3 Å². The van der Waals surface area contributed by atoms with Crippen molar-refractivity contribution in [3.05, 3.63) is 23.3 Å². The number of carbonyl (C=O) groups is 2. The molecule has 0 saturated heterocycles. The number of hydrogen-bond acceptors (Lipinski definition) is 5. The Bertz CT molecular complexity index is 511. The van der Waals surface area contributed by atoms with Crippen LogP contribution in [0, 0.1) is 0 Å². The minimum absolute atomic E-state index is 0.465. The quantitative estimate of drug-likeness (QED) is 0.638. The van der Waals surface area contributed by atoms with Gasteiger partial charge in [0.2, 0.25) is 0 Å². The molecule has 0 spiro atoms. The zero-order chi connectivity index (χ0) is 13.3. The molecular weight excluding hydrogens is 238 g/mol. The van der Waals surface area contributed by atoms with E-state index in [1.165, 1.54) is 7.11 Å². The molecule has 1 aliphatic carbocycles. The van der Waals surface area contributed by atoms with Gasteiger partial charge in [0.15, 0.2) is 11.5 Å². The molecule has 0 radical (unpaired) electrons. The first kappa shape index (κ1) is 12.2. The van der Waals surface area contributed by atoms with Crippen molar-refractivity contribution >= 4 is 12.1 Å². The van der Waals surface area contributed by atoms with Gasteiger partial charge in [0.25, 0.3) is 0 Å². The van der Waals surface area contributed by atoms with Crippen LogP contribution >= 0.6 is 0 Å². The largest absolute Gasteiger partial charge is 0.493 e. The Morgan fingerprint density at radius 1 is 1.22 bits per heavy atom. The predicted octanol–water partition coefficient (Wildman–Crippen LogP) is 0.965. The summed E-state index contributed by atoms with van der Waals surface area (Å²) in [7, 11) is 3.06. The first-order chi connectivity index (χ1) is 8.56. The molecule has 18 heavy (non-hydrogen) atoms. The molecule has 1 aromatic rings. The Balaban J connectivity index is 2.24. The van der Waals surface area contributed by atoms with Crippen molar-refractivity contribution in [3.63, 3.8) is 0 Å². The molecule has 0 heterocycles. The number of benzene rings is 1. The van der Waals surface area contributed by atoms with Gasteiger partial charge >= 0.3 is 12.1 Å². The van der Waals surface area contributed by atoms with Crippen LogP contribution in [0.25, 0.3) is 0 Å². The Hall–Kier alpha value is -2.24. The van der Waals surface area contributed by atoms with Crippen LogP contribution in [0.1, 0.15) is 17.0 Å². The van der Waals surface area contributed by atoms with E-state index in [2.05, 4.69) is 4.74 Å². The van der Waals surface area contributed by atoms with E-state index in [4.69, 9.17) is 15.2 Å². The molecule has 2 N–H and O–H groups in total. The molecule has 0 aliphatic heterocycles. The second-order valence-electron chi connectivity index (χ2n) is 3.90. The zero-order valence-corrected chi connectivity index (χ0v) is 10.1. The number of primary amides is 1. The van der Waals surface area contributed by atoms with Gasteiger partial charge in [0.05, 0.1) is 20.1 Å². The summed E-state index contributed by atoms with van der Waals surface area (Å²) in [5.41, 5.74) is 6.55. The third kappa shape index (κ3) is 1.97. The summed E-state index contributed by atoms with van der Waals surface area (Å²) in [4.78, 5) is 22.1. The van der Waals surface area contributed by atoms with E-state index in [0.29, 0.717) is 17.9 Å². The molecule has 6 heteroatoms. The average molecular weight is 251 g/mol. The Morgan fingerprint density at radius 2 is 1.83 bits per heavy atom. The minimum atomic E-state index is -1.09. The van der Waals surface area contributed by atoms with Crippen LogP contribution in [0.3, 0.4) is 0 Å². The lowest BCUT2D eigenvalue weighted by atomic mass is 9.77. The van der Waals surface area contributed by atoms with Gasteiger partial charge in [-0.05, 0) is 29.7 Å². The molecule has 6 nitrogen and oxygen atoms in total. The standard InChI is InChI=1S/C12H13NO5/c1-16-9-4-6-3-8(11(14)18-12(13)15)7(6)5-10(9)17-2/h4-5,8H,3H2,1-2H3,(H2,13,15). The summed E-state index contributed by atoms with van der Waals surface area (Å²) in [5.74, 6) is 0.0420. The fraction of sp³-hybridized carbons (Fsp3) is 0.333. The smallest absolute Gasteiger partial charge is 0.412 e. The Kier molecular flexibility index (Phi) is 3.10. The molecule has 1 atom stereocenters. The number of carbonyl (C=O) groups excluding carboxylic acids is 2. The topological polar surface area (TPSA) is 87.8 Å². The third-order valence-corrected chi connectivity index (χ3v) is 2.93. The summed E-state index contributed by atoms with van der Waals surface area (Å²) in [5, 5.41) is 0. The summed E-state index contributed by atoms with van der Waals surface area (Å²) in [6.07, 6.45) is -0.587. The van der Waals surface area contributed by atoms with Gasteiger partial charge in [-0.25, -0.2) is 4.79 Å². The lowest BCUT2D eigenvalue weighted by Gasteiger charge is -2.28. The average Bonchev–Trinajstić information content (AvgIpc) is 2.29. The highest BCUT2D eigenvalue weighted by Crippen LogP contribution is 2.42. The van der Waals surface area contributed by atoms with E-state index in [0.717, 1.165) is 11.1 Å². The fourth-order valence-corrected chi connectivity index (χ4v) is 2.02. The van der Waals surface area contributed by atoms with Crippen molar-refractivity contribution in [2.75, 3.05) is 14.2 Å². The van der Waals surface area contributed by atoms with E-state index in [1.807, 2.05) is 6.07 Å². The van der Waals surface area contributed by atoms with Crippen molar-refractivity contribution in [1.29, 1.82) is 0 Å². The molecule has 1 aromatic carbocycles. The van der Waals surface area contributed by atoms with Gasteiger partial charge in [0, 0.05) is 0 Å². The predicted molar refractivity (Wildman–Crippen MR) is 61.7 cm³/mol. The van der Waals surface area contributed by atoms with Crippen molar-refractivity contribution < 1.29 is 23.8 Å².